The Morgan fingerprint density at radius 3 is 2.50 bits per heavy atom. The van der Waals surface area contributed by atoms with Crippen molar-refractivity contribution in [3.8, 4) is 0 Å². The van der Waals surface area contributed by atoms with Crippen molar-refractivity contribution in [2.75, 3.05) is 25.5 Å². The summed E-state index contributed by atoms with van der Waals surface area (Å²) in [5.41, 5.74) is 0.683. The molecule has 1 aromatic carbocycles. The van der Waals surface area contributed by atoms with Crippen molar-refractivity contribution < 1.29 is 9.72 Å². The van der Waals surface area contributed by atoms with Crippen molar-refractivity contribution >= 4 is 40.2 Å². The zero-order chi connectivity index (χ0) is 17.9. The SMILES string of the molecule is CCN(Cc1ccc(Cl)s1)C(=O)c1ccc(N(C)C)c([N+](=O)[O-])c1. The first-order chi connectivity index (χ1) is 11.3. The van der Waals surface area contributed by atoms with Gasteiger partial charge in [-0.15, -0.1) is 11.3 Å². The number of hydrogen-bond donors (Lipinski definition) is 0. The van der Waals surface area contributed by atoms with Crippen LogP contribution in [0.3, 0.4) is 0 Å². The minimum atomic E-state index is -0.471. The molecule has 6 nitrogen and oxygen atoms in total. The predicted molar refractivity (Wildman–Crippen MR) is 97.2 cm³/mol. The summed E-state index contributed by atoms with van der Waals surface area (Å²) in [6.07, 6.45) is 0. The van der Waals surface area contributed by atoms with Gasteiger partial charge in [-0.25, -0.2) is 0 Å². The molecular formula is C16H18ClN3O3S. The standard InChI is InChI=1S/C16H18ClN3O3S/c1-4-19(10-12-6-8-15(17)24-12)16(21)11-5-7-13(18(2)3)14(9-11)20(22)23/h5-9H,4,10H2,1-3H3. The number of nitro groups is 1. The van der Waals surface area contributed by atoms with Gasteiger partial charge in [0.15, 0.2) is 0 Å². The van der Waals surface area contributed by atoms with E-state index in [1.54, 1.807) is 42.1 Å². The first kappa shape index (κ1) is 18.2. The van der Waals surface area contributed by atoms with Gasteiger partial charge in [0.2, 0.25) is 0 Å². The van der Waals surface area contributed by atoms with Crippen molar-refractivity contribution in [3.05, 3.63) is 55.2 Å². The largest absolute Gasteiger partial charge is 0.372 e. The number of nitrogens with zero attached hydrogens (tertiary/aromatic N) is 3. The maximum Gasteiger partial charge on any atom is 0.293 e. The minimum absolute atomic E-state index is 0.0823. The van der Waals surface area contributed by atoms with Crippen molar-refractivity contribution in [1.29, 1.82) is 0 Å². The predicted octanol–water partition coefficient (Wildman–Crippen LogP) is 4.04. The molecule has 0 saturated carbocycles. The van der Waals surface area contributed by atoms with Gasteiger partial charge in [-0.1, -0.05) is 11.6 Å². The van der Waals surface area contributed by atoms with Crippen molar-refractivity contribution in [3.63, 3.8) is 0 Å². The highest BCUT2D eigenvalue weighted by Gasteiger charge is 2.21. The summed E-state index contributed by atoms with van der Waals surface area (Å²) in [6.45, 7) is 2.79. The number of carbonyl (C=O) groups excluding carboxylic acids is 1. The van der Waals surface area contributed by atoms with Gasteiger partial charge in [-0.2, -0.15) is 0 Å². The normalized spacial score (nSPS) is 10.5. The second-order valence-electron chi connectivity index (χ2n) is 5.38. The number of carbonyl (C=O) groups is 1. The summed E-state index contributed by atoms with van der Waals surface area (Å²) in [6, 6.07) is 8.22. The van der Waals surface area contributed by atoms with Crippen molar-refractivity contribution in [1.82, 2.24) is 4.90 Å². The number of rotatable bonds is 6. The third-order valence-electron chi connectivity index (χ3n) is 3.55. The van der Waals surface area contributed by atoms with E-state index in [0.717, 1.165) is 4.88 Å². The fourth-order valence-electron chi connectivity index (χ4n) is 2.32. The Bertz CT molecular complexity index is 761. The van der Waals surface area contributed by atoms with Gasteiger partial charge >= 0.3 is 0 Å². The number of nitro benzene ring substituents is 1. The van der Waals surface area contributed by atoms with E-state index in [2.05, 4.69) is 0 Å². The zero-order valence-electron chi connectivity index (χ0n) is 13.7. The van der Waals surface area contributed by atoms with Gasteiger partial charge in [0.25, 0.3) is 11.6 Å². The van der Waals surface area contributed by atoms with Crippen LogP contribution in [0.15, 0.2) is 30.3 Å². The Kier molecular flexibility index (Phi) is 5.80. The van der Waals surface area contributed by atoms with Crippen LogP contribution in [0, 0.1) is 10.1 Å². The van der Waals surface area contributed by atoms with Gasteiger partial charge in [0, 0.05) is 37.1 Å². The van der Waals surface area contributed by atoms with Gasteiger partial charge < -0.3 is 9.80 Å². The molecule has 0 spiro atoms. The lowest BCUT2D eigenvalue weighted by molar-refractivity contribution is -0.384. The molecule has 1 aromatic heterocycles. The van der Waals surface area contributed by atoms with Gasteiger partial charge in [0.1, 0.15) is 5.69 Å². The molecule has 8 heteroatoms. The fraction of sp³-hybridized carbons (Fsp3) is 0.312. The van der Waals surface area contributed by atoms with E-state index >= 15 is 0 Å². The number of thiophene rings is 1. The van der Waals surface area contributed by atoms with Gasteiger partial charge in [-0.3, -0.25) is 14.9 Å². The summed E-state index contributed by atoms with van der Waals surface area (Å²) < 4.78 is 0.666. The molecule has 0 atom stereocenters. The molecule has 0 saturated heterocycles. The summed E-state index contributed by atoms with van der Waals surface area (Å²) >= 11 is 7.34. The van der Waals surface area contributed by atoms with Crippen LogP contribution in [0.2, 0.25) is 4.34 Å². The molecule has 24 heavy (non-hydrogen) atoms. The summed E-state index contributed by atoms with van der Waals surface area (Å²) in [4.78, 5) is 27.8. The van der Waals surface area contributed by atoms with Crippen LogP contribution in [0.1, 0.15) is 22.2 Å². The summed E-state index contributed by atoms with van der Waals surface area (Å²) in [7, 11) is 3.45. The van der Waals surface area contributed by atoms with Crippen LogP contribution in [-0.2, 0) is 6.54 Å². The maximum absolute atomic E-state index is 12.7. The molecular weight excluding hydrogens is 350 g/mol. The first-order valence-corrected chi connectivity index (χ1v) is 8.52. The lowest BCUT2D eigenvalue weighted by atomic mass is 10.1. The lowest BCUT2D eigenvalue weighted by Gasteiger charge is -2.21. The second kappa shape index (κ2) is 7.63. The molecule has 0 aliphatic rings. The van der Waals surface area contributed by atoms with E-state index < -0.39 is 4.92 Å². The molecule has 0 aliphatic carbocycles. The molecule has 0 unspecified atom stereocenters. The Balaban J connectivity index is 2.29. The Morgan fingerprint density at radius 2 is 2.00 bits per heavy atom. The molecule has 2 aromatic rings. The van der Waals surface area contributed by atoms with Crippen LogP contribution >= 0.6 is 22.9 Å². The molecule has 0 fully saturated rings. The third kappa shape index (κ3) is 4.04. The molecule has 2 rings (SSSR count). The molecule has 1 amide bonds. The smallest absolute Gasteiger partial charge is 0.293 e. The number of amides is 1. The Labute approximate surface area is 149 Å². The maximum atomic E-state index is 12.7. The third-order valence-corrected chi connectivity index (χ3v) is 4.76. The van der Waals surface area contributed by atoms with E-state index in [1.165, 1.54) is 17.4 Å². The van der Waals surface area contributed by atoms with E-state index in [0.29, 0.717) is 28.7 Å². The molecule has 0 bridgehead atoms. The average molecular weight is 368 g/mol. The van der Waals surface area contributed by atoms with E-state index in [9.17, 15) is 14.9 Å². The van der Waals surface area contributed by atoms with Crippen LogP contribution in [0.25, 0.3) is 0 Å². The highest BCUT2D eigenvalue weighted by Crippen LogP contribution is 2.29. The van der Waals surface area contributed by atoms with E-state index in [1.807, 2.05) is 13.0 Å². The zero-order valence-corrected chi connectivity index (χ0v) is 15.2. The fourth-order valence-corrected chi connectivity index (χ4v) is 3.42. The first-order valence-electron chi connectivity index (χ1n) is 7.32. The average Bonchev–Trinajstić information content (AvgIpc) is 2.96. The number of anilines is 1. The number of halogens is 1. The number of benzene rings is 1. The molecule has 0 radical (unpaired) electrons. The second-order valence-corrected chi connectivity index (χ2v) is 7.18. The topological polar surface area (TPSA) is 66.7 Å². The van der Waals surface area contributed by atoms with Crippen LogP contribution < -0.4 is 4.90 Å². The van der Waals surface area contributed by atoms with Crippen LogP contribution in [0.5, 0.6) is 0 Å². The number of hydrogen-bond acceptors (Lipinski definition) is 5. The van der Waals surface area contributed by atoms with Gasteiger partial charge in [0.05, 0.1) is 15.8 Å². The van der Waals surface area contributed by atoms with Crippen molar-refractivity contribution in [2.24, 2.45) is 0 Å². The highest BCUT2D eigenvalue weighted by atomic mass is 35.5. The molecule has 128 valence electrons. The van der Waals surface area contributed by atoms with Crippen molar-refractivity contribution in [2.45, 2.75) is 13.5 Å². The Morgan fingerprint density at radius 1 is 1.29 bits per heavy atom. The molecule has 0 N–H and O–H groups in total. The van der Waals surface area contributed by atoms with Crippen LogP contribution in [0.4, 0.5) is 11.4 Å². The molecule has 0 aliphatic heterocycles. The Hall–Kier alpha value is -2.12. The molecule has 1 heterocycles. The monoisotopic (exact) mass is 367 g/mol. The summed E-state index contributed by atoms with van der Waals surface area (Å²) in [5.74, 6) is -0.240. The van der Waals surface area contributed by atoms with E-state index in [-0.39, 0.29) is 11.6 Å². The van der Waals surface area contributed by atoms with E-state index in [4.69, 9.17) is 11.6 Å². The minimum Gasteiger partial charge on any atom is -0.372 e. The summed E-state index contributed by atoms with van der Waals surface area (Å²) in [5, 5.41) is 11.3. The highest BCUT2D eigenvalue weighted by molar-refractivity contribution is 7.16. The van der Waals surface area contributed by atoms with Gasteiger partial charge in [-0.05, 0) is 31.2 Å². The quantitative estimate of drug-likeness (QED) is 0.571. The van der Waals surface area contributed by atoms with Crippen LogP contribution in [-0.4, -0.2) is 36.4 Å². The lowest BCUT2D eigenvalue weighted by Crippen LogP contribution is -2.30.